The number of piperidine rings is 1. The van der Waals surface area contributed by atoms with Crippen LogP contribution < -0.4 is 0 Å². The van der Waals surface area contributed by atoms with Crippen molar-refractivity contribution in [2.75, 3.05) is 13.1 Å². The normalized spacial score (nSPS) is 21.7. The molecule has 1 aliphatic heterocycles. The molecular formula is C14H16F3NO. The van der Waals surface area contributed by atoms with Crippen LogP contribution in [0.25, 0.3) is 0 Å². The van der Waals surface area contributed by atoms with E-state index in [9.17, 15) is 18.0 Å². The molecule has 1 fully saturated rings. The summed E-state index contributed by atoms with van der Waals surface area (Å²) in [5, 5.41) is 0. The van der Waals surface area contributed by atoms with E-state index in [1.54, 1.807) is 6.07 Å². The van der Waals surface area contributed by atoms with Crippen LogP contribution in [0.1, 0.15) is 24.5 Å². The summed E-state index contributed by atoms with van der Waals surface area (Å²) in [6, 6.07) is 5.62. The molecule has 0 bridgehead atoms. The molecule has 1 atom stereocenters. The maximum atomic E-state index is 12.9. The van der Waals surface area contributed by atoms with Crippen LogP contribution in [0, 0.1) is 5.92 Å². The molecule has 0 saturated carbocycles. The van der Waals surface area contributed by atoms with Gasteiger partial charge in [0.15, 0.2) is 0 Å². The zero-order valence-electron chi connectivity index (χ0n) is 10.7. The quantitative estimate of drug-likeness (QED) is 0.823. The second-order valence-electron chi connectivity index (χ2n) is 5.01. The molecule has 0 aromatic heterocycles. The monoisotopic (exact) mass is 271 g/mol. The standard InChI is InChI=1S/C14H16F3NO/c1-10-8-18(7-6-13(10)19)9-11-4-2-3-5-12(11)14(15,16)17/h2-5,10H,6-9H2,1H3. The fourth-order valence-electron chi connectivity index (χ4n) is 2.41. The van der Waals surface area contributed by atoms with Crippen LogP contribution in [0.5, 0.6) is 0 Å². The number of rotatable bonds is 2. The average molecular weight is 271 g/mol. The third kappa shape index (κ3) is 3.35. The van der Waals surface area contributed by atoms with Crippen LogP contribution in [-0.4, -0.2) is 23.8 Å². The van der Waals surface area contributed by atoms with E-state index >= 15 is 0 Å². The molecule has 0 N–H and O–H groups in total. The molecule has 0 amide bonds. The second kappa shape index (κ2) is 5.33. The van der Waals surface area contributed by atoms with Gasteiger partial charge in [0.2, 0.25) is 0 Å². The molecule has 5 heteroatoms. The van der Waals surface area contributed by atoms with E-state index in [1.807, 2.05) is 11.8 Å². The number of carbonyl (C=O) groups is 1. The molecule has 0 radical (unpaired) electrons. The van der Waals surface area contributed by atoms with Crippen LogP contribution >= 0.6 is 0 Å². The topological polar surface area (TPSA) is 20.3 Å². The molecule has 19 heavy (non-hydrogen) atoms. The van der Waals surface area contributed by atoms with Crippen molar-refractivity contribution in [2.24, 2.45) is 5.92 Å². The number of ketones is 1. The van der Waals surface area contributed by atoms with Gasteiger partial charge in [-0.1, -0.05) is 25.1 Å². The van der Waals surface area contributed by atoms with Crippen molar-refractivity contribution in [1.29, 1.82) is 0 Å². The Bertz CT molecular complexity index is 470. The molecule has 1 aliphatic rings. The van der Waals surface area contributed by atoms with E-state index in [4.69, 9.17) is 0 Å². The summed E-state index contributed by atoms with van der Waals surface area (Å²) in [7, 11) is 0. The molecule has 1 aromatic rings. The van der Waals surface area contributed by atoms with E-state index in [2.05, 4.69) is 0 Å². The number of benzene rings is 1. The first-order chi connectivity index (χ1) is 8.88. The fraction of sp³-hybridized carbons (Fsp3) is 0.500. The third-order valence-corrected chi connectivity index (χ3v) is 3.47. The lowest BCUT2D eigenvalue weighted by atomic mass is 9.97. The van der Waals surface area contributed by atoms with E-state index in [0.717, 1.165) is 6.07 Å². The fourth-order valence-corrected chi connectivity index (χ4v) is 2.41. The van der Waals surface area contributed by atoms with Gasteiger partial charge in [-0.15, -0.1) is 0 Å². The first kappa shape index (κ1) is 14.1. The minimum Gasteiger partial charge on any atom is -0.299 e. The van der Waals surface area contributed by atoms with Crippen molar-refractivity contribution >= 4 is 5.78 Å². The van der Waals surface area contributed by atoms with Gasteiger partial charge in [-0.2, -0.15) is 13.2 Å². The lowest BCUT2D eigenvalue weighted by Crippen LogP contribution is -2.39. The number of Topliss-reactive ketones (excluding diaryl/α,β-unsaturated/α-hetero) is 1. The molecule has 0 spiro atoms. The van der Waals surface area contributed by atoms with Gasteiger partial charge in [-0.25, -0.2) is 0 Å². The average Bonchev–Trinajstić information content (AvgIpc) is 2.33. The SMILES string of the molecule is CC1CN(Cc2ccccc2C(F)(F)F)CCC1=O. The number of nitrogens with zero attached hydrogens (tertiary/aromatic N) is 1. The van der Waals surface area contributed by atoms with Crippen molar-refractivity contribution < 1.29 is 18.0 Å². The van der Waals surface area contributed by atoms with Crippen LogP contribution in [0.3, 0.4) is 0 Å². The molecule has 2 nitrogen and oxygen atoms in total. The van der Waals surface area contributed by atoms with Crippen LogP contribution in [-0.2, 0) is 17.5 Å². The molecule has 0 aliphatic carbocycles. The first-order valence-corrected chi connectivity index (χ1v) is 6.28. The highest BCUT2D eigenvalue weighted by Crippen LogP contribution is 2.32. The Kier molecular flexibility index (Phi) is 3.94. The Morgan fingerprint density at radius 3 is 2.63 bits per heavy atom. The van der Waals surface area contributed by atoms with Gasteiger partial charge in [-0.05, 0) is 11.6 Å². The molecule has 2 rings (SSSR count). The number of alkyl halides is 3. The van der Waals surface area contributed by atoms with Gasteiger partial charge >= 0.3 is 6.18 Å². The Morgan fingerprint density at radius 1 is 1.32 bits per heavy atom. The van der Waals surface area contributed by atoms with Gasteiger partial charge in [0, 0.05) is 32.0 Å². The lowest BCUT2D eigenvalue weighted by Gasteiger charge is -2.30. The predicted molar refractivity (Wildman–Crippen MR) is 65.5 cm³/mol. The third-order valence-electron chi connectivity index (χ3n) is 3.47. The second-order valence-corrected chi connectivity index (χ2v) is 5.01. The Balaban J connectivity index is 2.14. The van der Waals surface area contributed by atoms with Crippen molar-refractivity contribution in [3.8, 4) is 0 Å². The molecule has 1 heterocycles. The predicted octanol–water partition coefficient (Wildman–Crippen LogP) is 3.12. The highest BCUT2D eigenvalue weighted by atomic mass is 19.4. The van der Waals surface area contributed by atoms with Gasteiger partial charge in [0.1, 0.15) is 5.78 Å². The van der Waals surface area contributed by atoms with Gasteiger partial charge in [0.05, 0.1) is 5.56 Å². The minimum absolute atomic E-state index is 0.0909. The molecule has 1 aromatic carbocycles. The highest BCUT2D eigenvalue weighted by Gasteiger charge is 2.33. The molecule has 104 valence electrons. The number of carbonyl (C=O) groups excluding carboxylic acids is 1. The molecular weight excluding hydrogens is 255 g/mol. The number of hydrogen-bond acceptors (Lipinski definition) is 2. The molecule has 1 unspecified atom stereocenters. The van der Waals surface area contributed by atoms with Crippen molar-refractivity contribution in [3.63, 3.8) is 0 Å². The Hall–Kier alpha value is -1.36. The minimum atomic E-state index is -4.33. The Labute approximate surface area is 110 Å². The zero-order chi connectivity index (χ0) is 14.0. The van der Waals surface area contributed by atoms with Crippen molar-refractivity contribution in [1.82, 2.24) is 4.90 Å². The first-order valence-electron chi connectivity index (χ1n) is 6.28. The van der Waals surface area contributed by atoms with Crippen LogP contribution in [0.4, 0.5) is 13.2 Å². The van der Waals surface area contributed by atoms with Gasteiger partial charge in [0.25, 0.3) is 0 Å². The summed E-state index contributed by atoms with van der Waals surface area (Å²) in [6.07, 6.45) is -3.90. The van der Waals surface area contributed by atoms with E-state index in [1.165, 1.54) is 12.1 Å². The number of halogens is 3. The summed E-state index contributed by atoms with van der Waals surface area (Å²) in [4.78, 5) is 13.3. The summed E-state index contributed by atoms with van der Waals surface area (Å²) in [6.45, 7) is 3.14. The summed E-state index contributed by atoms with van der Waals surface area (Å²) in [5.74, 6) is 0.104. The van der Waals surface area contributed by atoms with E-state index < -0.39 is 11.7 Å². The smallest absolute Gasteiger partial charge is 0.299 e. The van der Waals surface area contributed by atoms with Crippen molar-refractivity contribution in [2.45, 2.75) is 26.1 Å². The largest absolute Gasteiger partial charge is 0.416 e. The van der Waals surface area contributed by atoms with Crippen LogP contribution in [0.15, 0.2) is 24.3 Å². The van der Waals surface area contributed by atoms with Crippen LogP contribution in [0.2, 0.25) is 0 Å². The highest BCUT2D eigenvalue weighted by molar-refractivity contribution is 5.81. The summed E-state index contributed by atoms with van der Waals surface area (Å²) < 4.78 is 38.6. The number of hydrogen-bond donors (Lipinski definition) is 0. The maximum absolute atomic E-state index is 12.9. The van der Waals surface area contributed by atoms with E-state index in [0.29, 0.717) is 19.5 Å². The van der Waals surface area contributed by atoms with E-state index in [-0.39, 0.29) is 23.8 Å². The lowest BCUT2D eigenvalue weighted by molar-refractivity contribution is -0.138. The molecule has 1 saturated heterocycles. The zero-order valence-corrected chi connectivity index (χ0v) is 10.7. The summed E-state index contributed by atoms with van der Waals surface area (Å²) >= 11 is 0. The Morgan fingerprint density at radius 2 is 2.00 bits per heavy atom. The maximum Gasteiger partial charge on any atom is 0.416 e. The van der Waals surface area contributed by atoms with Gasteiger partial charge < -0.3 is 0 Å². The summed E-state index contributed by atoms with van der Waals surface area (Å²) in [5.41, 5.74) is -0.309. The van der Waals surface area contributed by atoms with Gasteiger partial charge in [-0.3, -0.25) is 9.69 Å². The number of likely N-dealkylation sites (tertiary alicyclic amines) is 1. The van der Waals surface area contributed by atoms with Crippen molar-refractivity contribution in [3.05, 3.63) is 35.4 Å².